The summed E-state index contributed by atoms with van der Waals surface area (Å²) in [5, 5.41) is 5.54. The number of nitrogens with one attached hydrogen (secondary N) is 2. The highest BCUT2D eigenvalue weighted by Crippen LogP contribution is 2.24. The summed E-state index contributed by atoms with van der Waals surface area (Å²) < 4.78 is 13.7. The minimum Gasteiger partial charge on any atom is -0.348 e. The number of aryl methyl sites for hydroxylation is 1. The molecule has 3 rings (SSSR count). The van der Waals surface area contributed by atoms with E-state index in [0.29, 0.717) is 12.8 Å². The van der Waals surface area contributed by atoms with Gasteiger partial charge in [-0.25, -0.2) is 4.39 Å². The maximum atomic E-state index is 13.7. The molecular weight excluding hydrogens is 319 g/mol. The Labute approximate surface area is 137 Å². The van der Waals surface area contributed by atoms with Crippen molar-refractivity contribution in [1.82, 2.24) is 5.32 Å². The van der Waals surface area contributed by atoms with Crippen LogP contribution in [-0.4, -0.2) is 11.8 Å². The molecule has 2 aromatic rings. The summed E-state index contributed by atoms with van der Waals surface area (Å²) >= 11 is 5.87. The molecule has 0 saturated carbocycles. The molecule has 6 heteroatoms. The van der Waals surface area contributed by atoms with Gasteiger partial charge in [-0.05, 0) is 35.7 Å². The second kappa shape index (κ2) is 6.38. The largest absolute Gasteiger partial charge is 0.348 e. The van der Waals surface area contributed by atoms with Crippen molar-refractivity contribution < 1.29 is 14.0 Å². The summed E-state index contributed by atoms with van der Waals surface area (Å²) in [6.07, 6.45) is 1.12. The smallest absolute Gasteiger partial charge is 0.256 e. The van der Waals surface area contributed by atoms with Crippen molar-refractivity contribution in [2.75, 3.05) is 5.32 Å². The van der Waals surface area contributed by atoms with Crippen LogP contribution in [0.4, 0.5) is 10.1 Å². The highest BCUT2D eigenvalue weighted by molar-refractivity contribution is 6.33. The van der Waals surface area contributed by atoms with E-state index in [0.717, 1.165) is 16.8 Å². The van der Waals surface area contributed by atoms with E-state index in [2.05, 4.69) is 10.6 Å². The van der Waals surface area contributed by atoms with Crippen LogP contribution in [0, 0.1) is 5.82 Å². The van der Waals surface area contributed by atoms with Crippen molar-refractivity contribution >= 4 is 29.1 Å². The van der Waals surface area contributed by atoms with Crippen molar-refractivity contribution in [2.45, 2.75) is 19.4 Å². The fraction of sp³-hybridized carbons (Fsp3) is 0.176. The number of carbonyl (C=O) groups excluding carboxylic acids is 2. The van der Waals surface area contributed by atoms with Gasteiger partial charge in [-0.3, -0.25) is 9.59 Å². The molecule has 1 aliphatic rings. The normalized spacial score (nSPS) is 13.2. The molecule has 2 aromatic carbocycles. The molecule has 0 saturated heterocycles. The molecule has 0 radical (unpaired) electrons. The molecule has 0 unspecified atom stereocenters. The van der Waals surface area contributed by atoms with Crippen LogP contribution in [0.3, 0.4) is 0 Å². The second-order valence-electron chi connectivity index (χ2n) is 5.32. The molecule has 0 bridgehead atoms. The number of hydrogen-bond acceptors (Lipinski definition) is 2. The summed E-state index contributed by atoms with van der Waals surface area (Å²) in [6, 6.07) is 9.67. The lowest BCUT2D eigenvalue weighted by Crippen LogP contribution is -2.24. The Morgan fingerprint density at radius 3 is 2.87 bits per heavy atom. The average Bonchev–Trinajstić information content (AvgIpc) is 2.52. The lowest BCUT2D eigenvalue weighted by molar-refractivity contribution is -0.116. The number of benzene rings is 2. The fourth-order valence-electron chi connectivity index (χ4n) is 2.53. The number of amides is 2. The zero-order valence-corrected chi connectivity index (χ0v) is 12.9. The van der Waals surface area contributed by atoms with Crippen LogP contribution in [0.15, 0.2) is 36.4 Å². The molecule has 1 heterocycles. The Kier molecular flexibility index (Phi) is 4.30. The van der Waals surface area contributed by atoms with Gasteiger partial charge in [0.05, 0.1) is 10.6 Å². The van der Waals surface area contributed by atoms with Crippen molar-refractivity contribution in [3.05, 3.63) is 63.9 Å². The number of fused-ring (bicyclic) bond motifs is 1. The zero-order chi connectivity index (χ0) is 16.4. The third-order valence-electron chi connectivity index (χ3n) is 3.71. The van der Waals surface area contributed by atoms with Crippen LogP contribution in [0.1, 0.15) is 27.9 Å². The highest BCUT2D eigenvalue weighted by atomic mass is 35.5. The topological polar surface area (TPSA) is 58.2 Å². The molecule has 4 nitrogen and oxygen atoms in total. The van der Waals surface area contributed by atoms with Crippen LogP contribution >= 0.6 is 11.6 Å². The molecule has 2 amide bonds. The first-order valence-electron chi connectivity index (χ1n) is 7.18. The summed E-state index contributed by atoms with van der Waals surface area (Å²) in [4.78, 5) is 23.4. The molecule has 0 spiro atoms. The predicted molar refractivity (Wildman–Crippen MR) is 86.0 cm³/mol. The second-order valence-corrected chi connectivity index (χ2v) is 5.73. The van der Waals surface area contributed by atoms with Crippen molar-refractivity contribution in [3.8, 4) is 0 Å². The molecule has 1 aliphatic heterocycles. The number of carbonyl (C=O) groups is 2. The van der Waals surface area contributed by atoms with Crippen LogP contribution in [-0.2, 0) is 17.8 Å². The molecular formula is C17H14ClFN2O2. The molecule has 0 fully saturated rings. The van der Waals surface area contributed by atoms with Gasteiger partial charge in [-0.2, -0.15) is 0 Å². The summed E-state index contributed by atoms with van der Waals surface area (Å²) in [5.41, 5.74) is 2.55. The number of halogens is 2. The van der Waals surface area contributed by atoms with E-state index in [-0.39, 0.29) is 23.0 Å². The average molecular weight is 333 g/mol. The summed E-state index contributed by atoms with van der Waals surface area (Å²) in [5.74, 6) is -1.20. The van der Waals surface area contributed by atoms with Gasteiger partial charge < -0.3 is 10.6 Å². The fourth-order valence-corrected chi connectivity index (χ4v) is 2.78. The first kappa shape index (κ1) is 15.5. The lowest BCUT2D eigenvalue weighted by atomic mass is 10.0. The molecule has 118 valence electrons. The Morgan fingerprint density at radius 1 is 1.26 bits per heavy atom. The molecule has 0 atom stereocenters. The molecule has 0 aliphatic carbocycles. The Balaban J connectivity index is 1.71. The van der Waals surface area contributed by atoms with Gasteiger partial charge in [0.2, 0.25) is 5.91 Å². The molecule has 0 aromatic heterocycles. The van der Waals surface area contributed by atoms with Crippen molar-refractivity contribution in [2.24, 2.45) is 0 Å². The molecule has 2 N–H and O–H groups in total. The number of anilines is 1. The Hall–Kier alpha value is -2.40. The summed E-state index contributed by atoms with van der Waals surface area (Å²) in [7, 11) is 0. The van der Waals surface area contributed by atoms with Gasteiger partial charge in [-0.15, -0.1) is 0 Å². The van der Waals surface area contributed by atoms with E-state index in [4.69, 9.17) is 11.6 Å². The zero-order valence-electron chi connectivity index (χ0n) is 12.2. The predicted octanol–water partition coefficient (Wildman–Crippen LogP) is 3.29. The maximum absolute atomic E-state index is 13.7. The van der Waals surface area contributed by atoms with E-state index in [1.807, 2.05) is 18.2 Å². The van der Waals surface area contributed by atoms with Gasteiger partial charge in [0.25, 0.3) is 5.91 Å². The third-order valence-corrected chi connectivity index (χ3v) is 4.02. The van der Waals surface area contributed by atoms with Gasteiger partial charge in [-0.1, -0.05) is 29.8 Å². The van der Waals surface area contributed by atoms with Gasteiger partial charge in [0, 0.05) is 18.7 Å². The first-order chi connectivity index (χ1) is 11.0. The highest BCUT2D eigenvalue weighted by Gasteiger charge is 2.17. The van der Waals surface area contributed by atoms with E-state index in [9.17, 15) is 14.0 Å². The third kappa shape index (κ3) is 3.35. The van der Waals surface area contributed by atoms with E-state index < -0.39 is 11.7 Å². The Bertz CT molecular complexity index is 772. The van der Waals surface area contributed by atoms with E-state index in [1.54, 1.807) is 0 Å². The van der Waals surface area contributed by atoms with Crippen LogP contribution in [0.5, 0.6) is 0 Å². The Morgan fingerprint density at radius 2 is 2.09 bits per heavy atom. The van der Waals surface area contributed by atoms with Crippen LogP contribution in [0.25, 0.3) is 0 Å². The monoisotopic (exact) mass is 332 g/mol. The van der Waals surface area contributed by atoms with Crippen LogP contribution < -0.4 is 10.6 Å². The van der Waals surface area contributed by atoms with Gasteiger partial charge >= 0.3 is 0 Å². The van der Waals surface area contributed by atoms with E-state index in [1.165, 1.54) is 18.2 Å². The van der Waals surface area contributed by atoms with Crippen LogP contribution in [0.2, 0.25) is 5.02 Å². The lowest BCUT2D eigenvalue weighted by Gasteiger charge is -2.17. The van der Waals surface area contributed by atoms with Crippen molar-refractivity contribution in [1.29, 1.82) is 0 Å². The standard InChI is InChI=1S/C17H14ClFN2O2/c18-12-2-1-3-13(19)16(12)17(23)20-9-10-4-6-14-11(8-10)5-7-15(22)21-14/h1-4,6,8H,5,7,9H2,(H,20,23)(H,21,22). The SMILES string of the molecule is O=C1CCc2cc(CNC(=O)c3c(F)cccc3Cl)ccc2N1. The van der Waals surface area contributed by atoms with Crippen molar-refractivity contribution in [3.63, 3.8) is 0 Å². The quantitative estimate of drug-likeness (QED) is 0.906. The minimum absolute atomic E-state index is 0.00717. The number of hydrogen-bond donors (Lipinski definition) is 2. The van der Waals surface area contributed by atoms with Gasteiger partial charge in [0.15, 0.2) is 0 Å². The number of rotatable bonds is 3. The minimum atomic E-state index is -0.650. The molecule has 23 heavy (non-hydrogen) atoms. The maximum Gasteiger partial charge on any atom is 0.256 e. The summed E-state index contributed by atoms with van der Waals surface area (Å²) in [6.45, 7) is 0.255. The van der Waals surface area contributed by atoms with Gasteiger partial charge in [0.1, 0.15) is 5.82 Å². The first-order valence-corrected chi connectivity index (χ1v) is 7.56. The van der Waals surface area contributed by atoms with E-state index >= 15 is 0 Å².